The Hall–Kier alpha value is -1.98. The van der Waals surface area contributed by atoms with E-state index >= 15 is 0 Å². The second-order valence-electron chi connectivity index (χ2n) is 5.69. The maximum atomic E-state index is 12.6. The number of aromatic amines is 1. The minimum atomic E-state index is -0.0534. The highest BCUT2D eigenvalue weighted by Gasteiger charge is 2.16. The number of ether oxygens (including phenoxy) is 1. The minimum Gasteiger partial charge on any atom is -0.385 e. The standard InChI is InChI=1S/C18H20N2O2S/c1-11-6-8-13(9-7-11)15-12(2)23-18-16(15)17(21)19-14(20-18)5-4-10-22-3/h6-9H,4-5,10H2,1-3H3,(H,19,20,21). The van der Waals surface area contributed by atoms with Gasteiger partial charge in [-0.05, 0) is 25.8 Å². The summed E-state index contributed by atoms with van der Waals surface area (Å²) in [6, 6.07) is 8.27. The zero-order valence-electron chi connectivity index (χ0n) is 13.6. The molecule has 0 aliphatic heterocycles. The highest BCUT2D eigenvalue weighted by atomic mass is 32.1. The Labute approximate surface area is 139 Å². The van der Waals surface area contributed by atoms with Crippen molar-refractivity contribution in [2.45, 2.75) is 26.7 Å². The summed E-state index contributed by atoms with van der Waals surface area (Å²) in [5.74, 6) is 0.733. The van der Waals surface area contributed by atoms with Crippen LogP contribution in [0.15, 0.2) is 29.1 Å². The Morgan fingerprint density at radius 1 is 1.22 bits per heavy atom. The van der Waals surface area contributed by atoms with Crippen LogP contribution in [-0.4, -0.2) is 23.7 Å². The first-order valence-corrected chi connectivity index (χ1v) is 8.50. The average molecular weight is 328 g/mol. The van der Waals surface area contributed by atoms with E-state index in [0.717, 1.165) is 39.5 Å². The lowest BCUT2D eigenvalue weighted by Crippen LogP contribution is -2.12. The SMILES string of the molecule is COCCCc1nc2sc(C)c(-c3ccc(C)cc3)c2c(=O)[nH]1. The molecule has 3 aromatic rings. The van der Waals surface area contributed by atoms with Gasteiger partial charge >= 0.3 is 0 Å². The van der Waals surface area contributed by atoms with Gasteiger partial charge in [-0.25, -0.2) is 4.98 Å². The molecule has 0 radical (unpaired) electrons. The fourth-order valence-electron chi connectivity index (χ4n) is 2.73. The number of nitrogens with one attached hydrogen (secondary N) is 1. The first-order valence-electron chi connectivity index (χ1n) is 7.68. The zero-order chi connectivity index (χ0) is 16.4. The number of aromatic nitrogens is 2. The van der Waals surface area contributed by atoms with Gasteiger partial charge in [-0.2, -0.15) is 0 Å². The van der Waals surface area contributed by atoms with E-state index in [-0.39, 0.29) is 5.56 Å². The molecule has 0 atom stereocenters. The minimum absolute atomic E-state index is 0.0534. The smallest absolute Gasteiger partial charge is 0.260 e. The Bertz CT molecular complexity index is 878. The third-order valence-corrected chi connectivity index (χ3v) is 4.89. The quantitative estimate of drug-likeness (QED) is 0.724. The molecule has 0 saturated carbocycles. The highest BCUT2D eigenvalue weighted by molar-refractivity contribution is 7.19. The number of methoxy groups -OCH3 is 1. The van der Waals surface area contributed by atoms with Gasteiger partial charge in [-0.1, -0.05) is 29.8 Å². The molecular formula is C18H20N2O2S. The molecular weight excluding hydrogens is 308 g/mol. The van der Waals surface area contributed by atoms with Crippen molar-refractivity contribution < 1.29 is 4.74 Å². The van der Waals surface area contributed by atoms with Crippen LogP contribution in [0.2, 0.25) is 0 Å². The molecule has 1 aromatic carbocycles. The summed E-state index contributed by atoms with van der Waals surface area (Å²) in [6.45, 7) is 4.77. The summed E-state index contributed by atoms with van der Waals surface area (Å²) < 4.78 is 5.05. The molecule has 4 nitrogen and oxygen atoms in total. The summed E-state index contributed by atoms with van der Waals surface area (Å²) in [5.41, 5.74) is 3.22. The Morgan fingerprint density at radius 3 is 2.65 bits per heavy atom. The summed E-state index contributed by atoms with van der Waals surface area (Å²) in [5, 5.41) is 0.701. The number of aryl methyl sites for hydroxylation is 3. The molecule has 2 heterocycles. The van der Waals surface area contributed by atoms with Gasteiger partial charge in [0.2, 0.25) is 0 Å². The van der Waals surface area contributed by atoms with Crippen LogP contribution in [-0.2, 0) is 11.2 Å². The van der Waals surface area contributed by atoms with E-state index in [1.54, 1.807) is 18.4 Å². The predicted octanol–water partition coefficient (Wildman–Crippen LogP) is 3.85. The monoisotopic (exact) mass is 328 g/mol. The van der Waals surface area contributed by atoms with Crippen molar-refractivity contribution in [2.24, 2.45) is 0 Å². The number of hydrogen-bond donors (Lipinski definition) is 1. The Morgan fingerprint density at radius 2 is 1.96 bits per heavy atom. The fourth-order valence-corrected chi connectivity index (χ4v) is 3.80. The number of H-pyrrole nitrogens is 1. The van der Waals surface area contributed by atoms with E-state index in [2.05, 4.69) is 41.2 Å². The van der Waals surface area contributed by atoms with E-state index in [4.69, 9.17) is 4.74 Å². The van der Waals surface area contributed by atoms with E-state index in [1.165, 1.54) is 5.56 Å². The molecule has 0 unspecified atom stereocenters. The molecule has 0 amide bonds. The van der Waals surface area contributed by atoms with Crippen molar-refractivity contribution in [2.75, 3.05) is 13.7 Å². The number of nitrogens with zero attached hydrogens (tertiary/aromatic N) is 1. The summed E-state index contributed by atoms with van der Waals surface area (Å²) in [7, 11) is 1.68. The lowest BCUT2D eigenvalue weighted by molar-refractivity contribution is 0.194. The summed E-state index contributed by atoms with van der Waals surface area (Å²) in [4.78, 5) is 22.1. The van der Waals surface area contributed by atoms with Gasteiger partial charge in [0.15, 0.2) is 0 Å². The molecule has 0 saturated heterocycles. The molecule has 0 aliphatic rings. The van der Waals surface area contributed by atoms with Crippen LogP contribution in [0.1, 0.15) is 22.7 Å². The Balaban J connectivity index is 2.08. The summed E-state index contributed by atoms with van der Waals surface area (Å²) in [6.07, 6.45) is 1.57. The first kappa shape index (κ1) is 15.9. The van der Waals surface area contributed by atoms with Crippen molar-refractivity contribution in [3.63, 3.8) is 0 Å². The molecule has 0 aliphatic carbocycles. The molecule has 120 valence electrons. The van der Waals surface area contributed by atoms with E-state index < -0.39 is 0 Å². The first-order chi connectivity index (χ1) is 11.1. The summed E-state index contributed by atoms with van der Waals surface area (Å²) >= 11 is 1.58. The third kappa shape index (κ3) is 3.21. The molecule has 5 heteroatoms. The second kappa shape index (κ2) is 6.64. The van der Waals surface area contributed by atoms with Gasteiger partial charge in [-0.15, -0.1) is 11.3 Å². The highest BCUT2D eigenvalue weighted by Crippen LogP contribution is 2.35. The normalized spacial score (nSPS) is 11.3. The van der Waals surface area contributed by atoms with Crippen molar-refractivity contribution in [1.82, 2.24) is 9.97 Å². The third-order valence-electron chi connectivity index (χ3n) is 3.89. The molecule has 0 spiro atoms. The number of benzene rings is 1. The van der Waals surface area contributed by atoms with Crippen LogP contribution in [0.5, 0.6) is 0 Å². The van der Waals surface area contributed by atoms with Gasteiger partial charge in [0.1, 0.15) is 10.7 Å². The molecule has 23 heavy (non-hydrogen) atoms. The van der Waals surface area contributed by atoms with Crippen molar-refractivity contribution in [3.05, 3.63) is 50.9 Å². The molecule has 1 N–H and O–H groups in total. The van der Waals surface area contributed by atoms with Crippen molar-refractivity contribution in [3.8, 4) is 11.1 Å². The van der Waals surface area contributed by atoms with Gasteiger partial charge in [-0.3, -0.25) is 4.79 Å². The maximum absolute atomic E-state index is 12.6. The van der Waals surface area contributed by atoms with Gasteiger partial charge < -0.3 is 9.72 Å². The maximum Gasteiger partial charge on any atom is 0.260 e. The van der Waals surface area contributed by atoms with Crippen LogP contribution in [0.4, 0.5) is 0 Å². The average Bonchev–Trinajstić information content (AvgIpc) is 2.85. The van der Waals surface area contributed by atoms with E-state index in [9.17, 15) is 4.79 Å². The molecule has 3 rings (SSSR count). The van der Waals surface area contributed by atoms with Crippen molar-refractivity contribution >= 4 is 21.6 Å². The fraction of sp³-hybridized carbons (Fsp3) is 0.333. The van der Waals surface area contributed by atoms with Crippen LogP contribution in [0.3, 0.4) is 0 Å². The molecule has 0 fully saturated rings. The predicted molar refractivity (Wildman–Crippen MR) is 95.3 cm³/mol. The lowest BCUT2D eigenvalue weighted by atomic mass is 10.0. The van der Waals surface area contributed by atoms with E-state index in [1.807, 2.05) is 6.92 Å². The van der Waals surface area contributed by atoms with Crippen LogP contribution in [0.25, 0.3) is 21.3 Å². The number of fused-ring (bicyclic) bond motifs is 1. The van der Waals surface area contributed by atoms with Crippen LogP contribution in [0, 0.1) is 13.8 Å². The molecule has 2 aromatic heterocycles. The van der Waals surface area contributed by atoms with Crippen molar-refractivity contribution in [1.29, 1.82) is 0 Å². The van der Waals surface area contributed by atoms with Gasteiger partial charge in [0, 0.05) is 30.6 Å². The number of rotatable bonds is 5. The van der Waals surface area contributed by atoms with Gasteiger partial charge in [0.05, 0.1) is 5.39 Å². The molecule has 0 bridgehead atoms. The largest absolute Gasteiger partial charge is 0.385 e. The lowest BCUT2D eigenvalue weighted by Gasteiger charge is -2.03. The van der Waals surface area contributed by atoms with Gasteiger partial charge in [0.25, 0.3) is 5.56 Å². The second-order valence-corrected chi connectivity index (χ2v) is 6.89. The van der Waals surface area contributed by atoms with E-state index in [0.29, 0.717) is 12.0 Å². The number of thiophene rings is 1. The van der Waals surface area contributed by atoms with Crippen LogP contribution < -0.4 is 5.56 Å². The van der Waals surface area contributed by atoms with Crippen LogP contribution >= 0.6 is 11.3 Å². The zero-order valence-corrected chi connectivity index (χ0v) is 14.4. The number of hydrogen-bond acceptors (Lipinski definition) is 4. The topological polar surface area (TPSA) is 55.0 Å². The Kier molecular flexibility index (Phi) is 4.59.